The van der Waals surface area contributed by atoms with Crippen molar-refractivity contribution in [3.8, 4) is 11.5 Å². The van der Waals surface area contributed by atoms with Crippen LogP contribution in [0.5, 0.6) is 11.5 Å². The van der Waals surface area contributed by atoms with Crippen molar-refractivity contribution in [2.45, 2.75) is 70.4 Å². The highest BCUT2D eigenvalue weighted by Gasteiger charge is 2.29. The number of piperidine rings is 1. The third kappa shape index (κ3) is 8.52. The van der Waals surface area contributed by atoms with E-state index >= 15 is 0 Å². The van der Waals surface area contributed by atoms with Gasteiger partial charge in [-0.05, 0) is 74.8 Å². The number of amides is 1. The molecule has 3 N–H and O–H groups in total. The van der Waals surface area contributed by atoms with Gasteiger partial charge in [0.05, 0.1) is 0 Å². The minimum Gasteiger partial charge on any atom is -0.508 e. The van der Waals surface area contributed by atoms with Gasteiger partial charge in [0.1, 0.15) is 22.0 Å². The molecule has 2 aliphatic rings. The summed E-state index contributed by atoms with van der Waals surface area (Å²) in [4.78, 5) is 18.8. The summed E-state index contributed by atoms with van der Waals surface area (Å²) in [5, 5.41) is 20.3. The average Bonchev–Trinajstić information content (AvgIpc) is 2.90. The van der Waals surface area contributed by atoms with Crippen molar-refractivity contribution in [3.63, 3.8) is 0 Å². The third-order valence-electron chi connectivity index (χ3n) is 7.88. The van der Waals surface area contributed by atoms with Crippen LogP contribution in [-0.4, -0.2) is 90.8 Å². The van der Waals surface area contributed by atoms with Crippen molar-refractivity contribution < 1.29 is 28.2 Å². The van der Waals surface area contributed by atoms with Gasteiger partial charge in [-0.3, -0.25) is 9.62 Å². The van der Waals surface area contributed by atoms with Gasteiger partial charge in [-0.1, -0.05) is 26.0 Å². The highest BCUT2D eigenvalue weighted by Crippen LogP contribution is 2.35. The normalized spacial score (nSPS) is 17.9. The van der Waals surface area contributed by atoms with Gasteiger partial charge in [-0.25, -0.2) is 13.2 Å². The van der Waals surface area contributed by atoms with E-state index in [1.807, 2.05) is 51.7 Å². The smallest absolute Gasteiger partial charge is 0.410 e. The lowest BCUT2D eigenvalue weighted by Crippen LogP contribution is -2.49. The van der Waals surface area contributed by atoms with Crippen LogP contribution < -0.4 is 4.72 Å². The molecule has 2 aromatic rings. The maximum absolute atomic E-state index is 13.0. The van der Waals surface area contributed by atoms with Gasteiger partial charge in [0, 0.05) is 64.1 Å². The number of ether oxygens (including phenoxy) is 1. The van der Waals surface area contributed by atoms with Crippen LogP contribution in [0.15, 0.2) is 41.3 Å². The fraction of sp³-hybridized carbons (Fsp3) is 0.581. The molecule has 42 heavy (non-hydrogen) atoms. The van der Waals surface area contributed by atoms with Gasteiger partial charge in [0.15, 0.2) is 0 Å². The molecule has 2 saturated heterocycles. The Labute approximate surface area is 250 Å². The Balaban J connectivity index is 1.23. The number of benzene rings is 2. The second-order valence-corrected chi connectivity index (χ2v) is 14.5. The number of phenolic OH excluding ortho intramolecular Hbond substituents is 2. The predicted octanol–water partition coefficient (Wildman–Crippen LogP) is 4.79. The maximum Gasteiger partial charge on any atom is 0.410 e. The summed E-state index contributed by atoms with van der Waals surface area (Å²) in [5.41, 5.74) is 1.48. The SMILES string of the molecule is CC(C)c1cc(S(=O)(=O)Nc2ccc(CN3CCN(CC4CCN(C(=O)OC(C)(C)C)CC4)CC3)cc2)c(O)cc1O. The zero-order valence-electron chi connectivity index (χ0n) is 25.5. The fourth-order valence-electron chi connectivity index (χ4n) is 5.52. The van der Waals surface area contributed by atoms with Crippen LogP contribution in [0.4, 0.5) is 10.5 Å². The van der Waals surface area contributed by atoms with Crippen molar-refractivity contribution in [2.75, 3.05) is 50.5 Å². The van der Waals surface area contributed by atoms with Crippen molar-refractivity contribution >= 4 is 21.8 Å². The monoisotopic (exact) mass is 602 g/mol. The second kappa shape index (κ2) is 13.1. The largest absolute Gasteiger partial charge is 0.508 e. The first-order chi connectivity index (χ1) is 19.7. The Bertz CT molecular complexity index is 1320. The van der Waals surface area contributed by atoms with E-state index in [4.69, 9.17) is 4.74 Å². The molecule has 0 aromatic heterocycles. The number of sulfonamides is 1. The summed E-state index contributed by atoms with van der Waals surface area (Å²) < 4.78 is 34.0. The van der Waals surface area contributed by atoms with Crippen LogP contribution >= 0.6 is 0 Å². The number of piperazine rings is 1. The maximum atomic E-state index is 13.0. The van der Waals surface area contributed by atoms with Crippen molar-refractivity contribution in [1.29, 1.82) is 0 Å². The van der Waals surface area contributed by atoms with Crippen molar-refractivity contribution in [2.24, 2.45) is 5.92 Å². The third-order valence-corrected chi connectivity index (χ3v) is 9.29. The number of rotatable bonds is 8. The summed E-state index contributed by atoms with van der Waals surface area (Å²) in [7, 11) is -4.04. The fourth-order valence-corrected chi connectivity index (χ4v) is 6.69. The molecule has 1 amide bonds. The average molecular weight is 603 g/mol. The number of anilines is 1. The number of phenols is 2. The first kappa shape index (κ1) is 31.9. The van der Waals surface area contributed by atoms with E-state index in [-0.39, 0.29) is 22.7 Å². The first-order valence-corrected chi connectivity index (χ1v) is 16.3. The van der Waals surface area contributed by atoms with Crippen LogP contribution in [0.3, 0.4) is 0 Å². The van der Waals surface area contributed by atoms with E-state index in [0.29, 0.717) is 17.2 Å². The van der Waals surface area contributed by atoms with Gasteiger partial charge < -0.3 is 24.7 Å². The molecule has 4 rings (SSSR count). The minimum atomic E-state index is -4.04. The molecule has 11 heteroatoms. The predicted molar refractivity (Wildman–Crippen MR) is 163 cm³/mol. The molecule has 0 saturated carbocycles. The molecule has 2 aliphatic heterocycles. The molecule has 2 heterocycles. The minimum absolute atomic E-state index is 0.107. The van der Waals surface area contributed by atoms with Gasteiger partial charge >= 0.3 is 6.09 Å². The van der Waals surface area contributed by atoms with Crippen LogP contribution in [0.25, 0.3) is 0 Å². The zero-order chi connectivity index (χ0) is 30.7. The number of carbonyl (C=O) groups excluding carboxylic acids is 1. The summed E-state index contributed by atoms with van der Waals surface area (Å²) >= 11 is 0. The highest BCUT2D eigenvalue weighted by atomic mass is 32.2. The number of nitrogens with one attached hydrogen (secondary N) is 1. The number of likely N-dealkylation sites (tertiary alicyclic amines) is 1. The van der Waals surface area contributed by atoms with Crippen LogP contribution in [0.2, 0.25) is 0 Å². The molecule has 0 unspecified atom stereocenters. The summed E-state index contributed by atoms with van der Waals surface area (Å²) in [6.45, 7) is 16.6. The Morgan fingerprint density at radius 1 is 0.952 bits per heavy atom. The molecule has 2 aromatic carbocycles. The number of nitrogens with zero attached hydrogens (tertiary/aromatic N) is 3. The lowest BCUT2D eigenvalue weighted by Gasteiger charge is -2.39. The number of carbonyl (C=O) groups is 1. The summed E-state index contributed by atoms with van der Waals surface area (Å²) in [6.07, 6.45) is 1.79. The van der Waals surface area contributed by atoms with E-state index in [1.165, 1.54) is 6.07 Å². The zero-order valence-corrected chi connectivity index (χ0v) is 26.3. The molecule has 0 radical (unpaired) electrons. The van der Waals surface area contributed by atoms with Gasteiger partial charge in [-0.15, -0.1) is 0 Å². The van der Waals surface area contributed by atoms with Gasteiger partial charge in [-0.2, -0.15) is 0 Å². The highest BCUT2D eigenvalue weighted by molar-refractivity contribution is 7.92. The topological polar surface area (TPSA) is 123 Å². The molecule has 232 valence electrons. The first-order valence-electron chi connectivity index (χ1n) is 14.8. The second-order valence-electron chi connectivity index (χ2n) is 12.8. The molecule has 0 spiro atoms. The van der Waals surface area contributed by atoms with Crippen LogP contribution in [-0.2, 0) is 21.3 Å². The standard InChI is InChI=1S/C31H46N4O6S/c1-22(2)26-18-29(28(37)19-27(26)36)42(39,40)32-25-8-6-23(7-9-25)20-33-14-16-34(17-15-33)21-24-10-12-35(13-11-24)30(38)41-31(3,4)5/h6-9,18-19,22,24,32,36-37H,10-17,20-21H2,1-5H3. The lowest BCUT2D eigenvalue weighted by atomic mass is 9.96. The van der Waals surface area contributed by atoms with E-state index in [0.717, 1.165) is 76.8 Å². The van der Waals surface area contributed by atoms with Crippen molar-refractivity contribution in [1.82, 2.24) is 14.7 Å². The summed E-state index contributed by atoms with van der Waals surface area (Å²) in [5.74, 6) is -0.143. The van der Waals surface area contributed by atoms with E-state index in [9.17, 15) is 23.4 Å². The molecular weight excluding hydrogens is 556 g/mol. The Kier molecular flexibility index (Phi) is 9.95. The molecule has 0 atom stereocenters. The van der Waals surface area contributed by atoms with E-state index in [2.05, 4.69) is 14.5 Å². The molecular formula is C31H46N4O6S. The Hall–Kier alpha value is -3.02. The van der Waals surface area contributed by atoms with E-state index < -0.39 is 21.4 Å². The molecule has 0 aliphatic carbocycles. The van der Waals surface area contributed by atoms with Crippen LogP contribution in [0, 0.1) is 5.92 Å². The molecule has 2 fully saturated rings. The molecule has 0 bridgehead atoms. The Morgan fingerprint density at radius 2 is 1.55 bits per heavy atom. The number of hydrogen-bond acceptors (Lipinski definition) is 8. The Morgan fingerprint density at radius 3 is 2.12 bits per heavy atom. The van der Waals surface area contributed by atoms with E-state index in [1.54, 1.807) is 12.1 Å². The lowest BCUT2D eigenvalue weighted by molar-refractivity contribution is 0.0159. The van der Waals surface area contributed by atoms with Crippen LogP contribution in [0.1, 0.15) is 64.5 Å². The molecule has 10 nitrogen and oxygen atoms in total. The van der Waals surface area contributed by atoms with Crippen molar-refractivity contribution in [3.05, 3.63) is 47.5 Å². The number of hydrogen-bond donors (Lipinski definition) is 3. The van der Waals surface area contributed by atoms with Gasteiger partial charge in [0.25, 0.3) is 10.0 Å². The van der Waals surface area contributed by atoms with Gasteiger partial charge in [0.2, 0.25) is 0 Å². The number of aromatic hydroxyl groups is 2. The quantitative estimate of drug-likeness (QED) is 0.394. The summed E-state index contributed by atoms with van der Waals surface area (Å²) in [6, 6.07) is 9.68.